The van der Waals surface area contributed by atoms with E-state index < -0.39 is 0 Å². The van der Waals surface area contributed by atoms with Crippen LogP contribution in [0.1, 0.15) is 0 Å². The Kier molecular flexibility index (Phi) is 5.49. The molecule has 0 amide bonds. The molecule has 3 heteroatoms. The normalized spacial score (nSPS) is 10.3. The minimum absolute atomic E-state index is 0. The van der Waals surface area contributed by atoms with Crippen LogP contribution in [0, 0.1) is 0 Å². The van der Waals surface area contributed by atoms with E-state index in [0.717, 1.165) is 27.9 Å². The Morgan fingerprint density at radius 3 is 2.17 bits per heavy atom. The maximum absolute atomic E-state index is 4.74. The molecule has 0 saturated carbocycles. The predicted molar refractivity (Wildman–Crippen MR) is 97.6 cm³/mol. The second-order valence-corrected chi connectivity index (χ2v) is 5.21. The minimum Gasteiger partial charge on any atom is -0.264 e. The third kappa shape index (κ3) is 3.66. The summed E-state index contributed by atoms with van der Waals surface area (Å²) in [6, 6.07) is 24.8. The fraction of sp³-hybridized carbons (Fsp3) is 0. The molecule has 0 N–H and O–H groups in total. The number of benzene rings is 2. The molecule has 0 spiro atoms. The van der Waals surface area contributed by atoms with Crippen LogP contribution in [0.2, 0.25) is 0 Å². The van der Waals surface area contributed by atoms with Crippen LogP contribution in [0.4, 0.5) is 0 Å². The van der Waals surface area contributed by atoms with E-state index in [1.807, 2.05) is 30.5 Å². The van der Waals surface area contributed by atoms with Gasteiger partial charge in [0.2, 0.25) is 0 Å². The van der Waals surface area contributed by atoms with Gasteiger partial charge in [0.05, 0.1) is 11.2 Å². The van der Waals surface area contributed by atoms with Crippen molar-refractivity contribution < 1.29 is 0 Å². The Morgan fingerprint density at radius 1 is 0.609 bits per heavy atom. The Balaban J connectivity index is 0.00000156. The van der Waals surface area contributed by atoms with Crippen LogP contribution in [-0.4, -0.2) is 68.2 Å². The average molecular weight is 369 g/mol. The molecule has 23 heavy (non-hydrogen) atoms. The maximum atomic E-state index is 4.74. The van der Waals surface area contributed by atoms with Crippen molar-refractivity contribution in [2.24, 2.45) is 0 Å². The summed E-state index contributed by atoms with van der Waals surface area (Å²) in [7, 11) is 0. The van der Waals surface area contributed by atoms with Crippen molar-refractivity contribution in [2.75, 3.05) is 0 Å². The van der Waals surface area contributed by atoms with Crippen molar-refractivity contribution >= 4 is 69.1 Å². The average Bonchev–Trinajstić information content (AvgIpc) is 2.62. The van der Waals surface area contributed by atoms with Crippen molar-refractivity contribution in [3.8, 4) is 22.4 Å². The van der Waals surface area contributed by atoms with Crippen LogP contribution in [0.3, 0.4) is 0 Å². The van der Waals surface area contributed by atoms with Crippen molar-refractivity contribution in [3.63, 3.8) is 0 Å². The van der Waals surface area contributed by atoms with E-state index in [2.05, 4.69) is 53.5 Å². The van der Waals surface area contributed by atoms with Gasteiger partial charge in [-0.1, -0.05) is 54.6 Å². The third-order valence-corrected chi connectivity index (χ3v) is 3.77. The van der Waals surface area contributed by atoms with Crippen LogP contribution in [0.25, 0.3) is 33.3 Å². The van der Waals surface area contributed by atoms with Gasteiger partial charge in [-0.15, -0.1) is 0 Å². The SMILES string of the molecule is [RbH].c1cncc(-c2ccc(-c3ccc4ccccc4n3)cc2)c1. The third-order valence-electron chi connectivity index (χ3n) is 3.77. The van der Waals surface area contributed by atoms with Crippen LogP contribution in [0.5, 0.6) is 0 Å². The summed E-state index contributed by atoms with van der Waals surface area (Å²) < 4.78 is 0. The van der Waals surface area contributed by atoms with E-state index in [-0.39, 0.29) is 58.2 Å². The molecule has 0 aliphatic rings. The topological polar surface area (TPSA) is 25.8 Å². The number of rotatable bonds is 2. The molecule has 0 bridgehead atoms. The fourth-order valence-electron chi connectivity index (χ4n) is 2.59. The van der Waals surface area contributed by atoms with E-state index in [1.54, 1.807) is 6.20 Å². The summed E-state index contributed by atoms with van der Waals surface area (Å²) in [6.45, 7) is 0. The van der Waals surface area contributed by atoms with Crippen molar-refractivity contribution in [3.05, 3.63) is 85.2 Å². The first-order valence-corrected chi connectivity index (χ1v) is 7.27. The van der Waals surface area contributed by atoms with Gasteiger partial charge in [0.25, 0.3) is 0 Å². The Bertz CT molecular complexity index is 919. The second kappa shape index (κ2) is 7.58. The molecule has 2 nitrogen and oxygen atoms in total. The van der Waals surface area contributed by atoms with Crippen LogP contribution < -0.4 is 0 Å². The van der Waals surface area contributed by atoms with E-state index >= 15 is 0 Å². The first-order valence-electron chi connectivity index (χ1n) is 7.27. The van der Waals surface area contributed by atoms with E-state index in [1.165, 1.54) is 5.39 Å². The number of aromatic nitrogens is 2. The smallest absolute Gasteiger partial charge is 0.0709 e. The largest absolute Gasteiger partial charge is 0.264 e. The van der Waals surface area contributed by atoms with Gasteiger partial charge in [0, 0.05) is 23.3 Å². The number of nitrogens with zero attached hydrogens (tertiary/aromatic N) is 2. The Labute approximate surface area is 184 Å². The number of pyridine rings is 2. The number of hydrogen-bond acceptors (Lipinski definition) is 2. The molecule has 4 rings (SSSR count). The summed E-state index contributed by atoms with van der Waals surface area (Å²) in [5, 5.41) is 1.17. The summed E-state index contributed by atoms with van der Waals surface area (Å²) >= 11 is 0. The molecule has 0 radical (unpaired) electrons. The Hall–Kier alpha value is -1.19. The summed E-state index contributed by atoms with van der Waals surface area (Å²) in [4.78, 5) is 8.90. The quantitative estimate of drug-likeness (QED) is 0.526. The monoisotopic (exact) mass is 368 g/mol. The van der Waals surface area contributed by atoms with Crippen molar-refractivity contribution in [1.29, 1.82) is 0 Å². The van der Waals surface area contributed by atoms with Crippen LogP contribution in [0.15, 0.2) is 85.2 Å². The fourth-order valence-corrected chi connectivity index (χ4v) is 2.59. The molecule has 0 atom stereocenters. The van der Waals surface area contributed by atoms with Gasteiger partial charge in [-0.25, -0.2) is 4.98 Å². The molecular weight excluding hydrogens is 354 g/mol. The van der Waals surface area contributed by atoms with E-state index in [4.69, 9.17) is 4.98 Å². The van der Waals surface area contributed by atoms with Gasteiger partial charge in [-0.05, 0) is 29.3 Å². The Morgan fingerprint density at radius 2 is 1.39 bits per heavy atom. The van der Waals surface area contributed by atoms with Gasteiger partial charge in [-0.2, -0.15) is 0 Å². The predicted octanol–water partition coefficient (Wildman–Crippen LogP) is 4.32. The first-order chi connectivity index (χ1) is 10.9. The number of hydrogen-bond donors (Lipinski definition) is 0. The van der Waals surface area contributed by atoms with Gasteiger partial charge >= 0.3 is 58.2 Å². The van der Waals surface area contributed by atoms with Gasteiger partial charge in [-0.3, -0.25) is 4.98 Å². The minimum atomic E-state index is 0. The van der Waals surface area contributed by atoms with E-state index in [0.29, 0.717) is 0 Å². The molecular formula is C20H15N2Rb. The summed E-state index contributed by atoms with van der Waals surface area (Å²) in [5.74, 6) is 0. The van der Waals surface area contributed by atoms with Gasteiger partial charge in [0.15, 0.2) is 0 Å². The molecule has 0 aliphatic heterocycles. The molecule has 0 fully saturated rings. The van der Waals surface area contributed by atoms with Crippen molar-refractivity contribution in [2.45, 2.75) is 0 Å². The van der Waals surface area contributed by atoms with Gasteiger partial charge < -0.3 is 0 Å². The second-order valence-electron chi connectivity index (χ2n) is 5.21. The summed E-state index contributed by atoms with van der Waals surface area (Å²) in [6.07, 6.45) is 3.67. The van der Waals surface area contributed by atoms with E-state index in [9.17, 15) is 0 Å². The molecule has 2 heterocycles. The molecule has 106 valence electrons. The molecule has 4 aromatic rings. The molecule has 0 aliphatic carbocycles. The first kappa shape index (κ1) is 16.7. The zero-order valence-corrected chi connectivity index (χ0v) is 12.0. The molecule has 0 saturated heterocycles. The number of para-hydroxylation sites is 1. The number of fused-ring (bicyclic) bond motifs is 1. The molecule has 2 aromatic carbocycles. The van der Waals surface area contributed by atoms with Crippen LogP contribution in [-0.2, 0) is 0 Å². The van der Waals surface area contributed by atoms with Crippen LogP contribution >= 0.6 is 0 Å². The molecule has 2 aromatic heterocycles. The summed E-state index contributed by atoms with van der Waals surface area (Å²) in [5.41, 5.74) is 5.43. The molecule has 0 unspecified atom stereocenters. The van der Waals surface area contributed by atoms with Crippen molar-refractivity contribution in [1.82, 2.24) is 9.97 Å². The maximum Gasteiger partial charge on any atom is 0.0709 e. The standard InChI is InChI=1S/C20H14N2.Rb.H/c1-2-6-19-16(4-1)11-12-20(22-19)17-9-7-15(8-10-17)18-5-3-13-21-14-18;;/h1-14H;;. The zero-order valence-electron chi connectivity index (χ0n) is 12.0. The zero-order chi connectivity index (χ0) is 14.8. The van der Waals surface area contributed by atoms with Gasteiger partial charge in [0.1, 0.15) is 0 Å².